The highest BCUT2D eigenvalue weighted by Gasteiger charge is 2.40. The predicted molar refractivity (Wildman–Crippen MR) is 95.9 cm³/mol. The van der Waals surface area contributed by atoms with Gasteiger partial charge in [-0.15, -0.1) is 12.8 Å². The number of rotatable bonds is 0. The second-order valence-corrected chi connectivity index (χ2v) is 9.06. The van der Waals surface area contributed by atoms with Crippen LogP contribution in [-0.4, -0.2) is 0 Å². The maximum absolute atomic E-state index is 5.67. The zero-order chi connectivity index (χ0) is 16.9. The smallest absolute Gasteiger partial charge is 0.0360 e. The molecule has 0 nitrogen and oxygen atoms in total. The molecule has 0 amide bonds. The third kappa shape index (κ3) is 5.11. The second-order valence-electron chi connectivity index (χ2n) is 9.06. The molecular formula is C21H36. The summed E-state index contributed by atoms with van der Waals surface area (Å²) in [6, 6.07) is 0. The van der Waals surface area contributed by atoms with Gasteiger partial charge in [0.2, 0.25) is 0 Å². The predicted octanol–water partition coefficient (Wildman–Crippen LogP) is 6.31. The fraction of sp³-hybridized carbons (Fsp3) is 0.810. The highest BCUT2D eigenvalue weighted by Crippen LogP contribution is 2.48. The first kappa shape index (κ1) is 20.1. The highest BCUT2D eigenvalue weighted by molar-refractivity contribution is 5.12. The first-order chi connectivity index (χ1) is 9.33. The van der Waals surface area contributed by atoms with Gasteiger partial charge < -0.3 is 0 Å². The van der Waals surface area contributed by atoms with Crippen LogP contribution in [0.1, 0.15) is 87.5 Å². The SMILES string of the molecule is C#CC(C)(C)C(C)(C)C.C#CC1(C(C)(C)C)CCCCC1. The first-order valence-corrected chi connectivity index (χ1v) is 8.28. The largest absolute Gasteiger partial charge is 0.120 e. The Bertz CT molecular complexity index is 389. The van der Waals surface area contributed by atoms with Crippen molar-refractivity contribution in [2.75, 3.05) is 0 Å². The van der Waals surface area contributed by atoms with Crippen LogP contribution in [0.5, 0.6) is 0 Å². The van der Waals surface area contributed by atoms with Crippen molar-refractivity contribution in [1.82, 2.24) is 0 Å². The summed E-state index contributed by atoms with van der Waals surface area (Å²) in [5, 5.41) is 0. The molecule has 0 bridgehead atoms. The summed E-state index contributed by atoms with van der Waals surface area (Å²) >= 11 is 0. The Kier molecular flexibility index (Phi) is 6.63. The Hall–Kier alpha value is -0.880. The topological polar surface area (TPSA) is 0 Å². The van der Waals surface area contributed by atoms with Crippen molar-refractivity contribution in [3.05, 3.63) is 0 Å². The molecule has 0 radical (unpaired) electrons. The summed E-state index contributed by atoms with van der Waals surface area (Å²) < 4.78 is 0. The molecule has 1 aliphatic rings. The van der Waals surface area contributed by atoms with E-state index in [0.29, 0.717) is 0 Å². The molecule has 1 aliphatic carbocycles. The standard InChI is InChI=1S/C12H20.C9H16/c1-5-12(11(2,3)4)9-7-6-8-10-12;1-7-9(5,6)8(2,3)4/h1H,6-10H2,2-4H3;1H,2-6H3. The molecule has 0 spiro atoms. The van der Waals surface area contributed by atoms with Crippen molar-refractivity contribution in [2.45, 2.75) is 87.5 Å². The van der Waals surface area contributed by atoms with Crippen LogP contribution in [0.15, 0.2) is 0 Å². The van der Waals surface area contributed by atoms with E-state index in [1.165, 1.54) is 32.1 Å². The van der Waals surface area contributed by atoms with Gasteiger partial charge in [-0.1, -0.05) is 72.6 Å². The number of terminal acetylenes is 2. The summed E-state index contributed by atoms with van der Waals surface area (Å²) in [6.07, 6.45) is 17.5. The highest BCUT2D eigenvalue weighted by atomic mass is 14.4. The normalized spacial score (nSPS) is 18.8. The maximum Gasteiger partial charge on any atom is 0.0360 e. The van der Waals surface area contributed by atoms with Gasteiger partial charge in [-0.2, -0.15) is 0 Å². The molecule has 0 heterocycles. The molecule has 0 heteroatoms. The van der Waals surface area contributed by atoms with Crippen LogP contribution >= 0.6 is 0 Å². The Balaban J connectivity index is 0.000000400. The summed E-state index contributed by atoms with van der Waals surface area (Å²) in [4.78, 5) is 0. The van der Waals surface area contributed by atoms with E-state index in [0.717, 1.165) is 0 Å². The molecule has 0 atom stereocenters. The van der Waals surface area contributed by atoms with E-state index in [4.69, 9.17) is 12.8 Å². The Morgan fingerprint density at radius 3 is 1.33 bits per heavy atom. The van der Waals surface area contributed by atoms with Crippen LogP contribution in [0.3, 0.4) is 0 Å². The molecule has 0 N–H and O–H groups in total. The molecule has 120 valence electrons. The van der Waals surface area contributed by atoms with Gasteiger partial charge in [-0.3, -0.25) is 0 Å². The molecule has 0 aromatic carbocycles. The van der Waals surface area contributed by atoms with Gasteiger partial charge in [0.15, 0.2) is 0 Å². The molecule has 0 unspecified atom stereocenters. The van der Waals surface area contributed by atoms with Crippen molar-refractivity contribution >= 4 is 0 Å². The molecule has 1 fully saturated rings. The van der Waals surface area contributed by atoms with E-state index in [-0.39, 0.29) is 21.7 Å². The minimum atomic E-state index is 0.00694. The lowest BCUT2D eigenvalue weighted by molar-refractivity contribution is 0.104. The van der Waals surface area contributed by atoms with Crippen molar-refractivity contribution in [3.8, 4) is 24.7 Å². The van der Waals surface area contributed by atoms with E-state index in [2.05, 4.69) is 67.2 Å². The summed E-state index contributed by atoms with van der Waals surface area (Å²) in [5.74, 6) is 5.84. The van der Waals surface area contributed by atoms with Gasteiger partial charge in [0.25, 0.3) is 0 Å². The van der Waals surface area contributed by atoms with E-state index >= 15 is 0 Å². The van der Waals surface area contributed by atoms with Crippen molar-refractivity contribution in [2.24, 2.45) is 21.7 Å². The van der Waals surface area contributed by atoms with Crippen LogP contribution < -0.4 is 0 Å². The minimum Gasteiger partial charge on any atom is -0.120 e. The van der Waals surface area contributed by atoms with Crippen LogP contribution in [-0.2, 0) is 0 Å². The van der Waals surface area contributed by atoms with Crippen LogP contribution in [0.25, 0.3) is 0 Å². The Morgan fingerprint density at radius 2 is 1.19 bits per heavy atom. The maximum atomic E-state index is 5.67. The summed E-state index contributed by atoms with van der Waals surface area (Å²) in [7, 11) is 0. The van der Waals surface area contributed by atoms with Crippen LogP contribution in [0.2, 0.25) is 0 Å². The average Bonchev–Trinajstić information content (AvgIpc) is 2.37. The van der Waals surface area contributed by atoms with E-state index in [9.17, 15) is 0 Å². The Labute approximate surface area is 134 Å². The quantitative estimate of drug-likeness (QED) is 0.458. The molecule has 0 aliphatic heterocycles. The average molecular weight is 289 g/mol. The molecule has 0 saturated heterocycles. The molecule has 1 saturated carbocycles. The Morgan fingerprint density at radius 1 is 0.762 bits per heavy atom. The molecule has 0 aromatic heterocycles. The van der Waals surface area contributed by atoms with Crippen molar-refractivity contribution < 1.29 is 0 Å². The lowest BCUT2D eigenvalue weighted by Crippen LogP contribution is -2.36. The molecular weight excluding hydrogens is 252 g/mol. The van der Waals surface area contributed by atoms with E-state index in [1.54, 1.807) is 0 Å². The van der Waals surface area contributed by atoms with Gasteiger partial charge >= 0.3 is 0 Å². The van der Waals surface area contributed by atoms with Gasteiger partial charge in [0.1, 0.15) is 0 Å². The third-order valence-electron chi connectivity index (χ3n) is 5.65. The molecule has 0 aromatic rings. The van der Waals surface area contributed by atoms with Gasteiger partial charge in [0.05, 0.1) is 0 Å². The van der Waals surface area contributed by atoms with Crippen molar-refractivity contribution in [3.63, 3.8) is 0 Å². The third-order valence-corrected chi connectivity index (χ3v) is 5.65. The molecule has 1 rings (SSSR count). The van der Waals surface area contributed by atoms with E-state index in [1.807, 2.05) is 0 Å². The minimum absolute atomic E-state index is 0.00694. The zero-order valence-corrected chi connectivity index (χ0v) is 15.7. The van der Waals surface area contributed by atoms with Gasteiger partial charge in [0, 0.05) is 10.8 Å². The van der Waals surface area contributed by atoms with Gasteiger partial charge in [-0.25, -0.2) is 0 Å². The zero-order valence-electron chi connectivity index (χ0n) is 15.7. The number of hydrogen-bond donors (Lipinski definition) is 0. The van der Waals surface area contributed by atoms with Crippen molar-refractivity contribution in [1.29, 1.82) is 0 Å². The second kappa shape index (κ2) is 6.92. The van der Waals surface area contributed by atoms with Crippen LogP contribution in [0.4, 0.5) is 0 Å². The van der Waals surface area contributed by atoms with Gasteiger partial charge in [-0.05, 0) is 37.5 Å². The lowest BCUT2D eigenvalue weighted by Gasteiger charge is -2.43. The summed E-state index contributed by atoms with van der Waals surface area (Å²) in [5.41, 5.74) is 0.683. The van der Waals surface area contributed by atoms with Crippen LogP contribution in [0, 0.1) is 46.3 Å². The fourth-order valence-electron chi connectivity index (χ4n) is 2.48. The summed E-state index contributed by atoms with van der Waals surface area (Å²) in [6.45, 7) is 17.5. The number of hydrogen-bond acceptors (Lipinski definition) is 0. The molecule has 21 heavy (non-hydrogen) atoms. The monoisotopic (exact) mass is 288 g/mol. The fourth-order valence-corrected chi connectivity index (χ4v) is 2.48. The lowest BCUT2D eigenvalue weighted by atomic mass is 9.60. The first-order valence-electron chi connectivity index (χ1n) is 8.28. The van der Waals surface area contributed by atoms with E-state index < -0.39 is 0 Å².